The van der Waals surface area contributed by atoms with Crippen LogP contribution in [-0.2, 0) is 13.1 Å². The number of hydrogen-bond acceptors (Lipinski definition) is 4. The number of rotatable bonds is 6. The molecule has 5 nitrogen and oxygen atoms in total. The second-order valence-electron chi connectivity index (χ2n) is 6.12. The zero-order valence-corrected chi connectivity index (χ0v) is 14.4. The maximum atomic E-state index is 12.4. The first-order valence-electron chi connectivity index (χ1n) is 8.16. The largest absolute Gasteiger partial charge is 0.361 e. The first kappa shape index (κ1) is 16.9. The summed E-state index contributed by atoms with van der Waals surface area (Å²) in [7, 11) is 2.01. The first-order valence-corrected chi connectivity index (χ1v) is 8.16. The van der Waals surface area contributed by atoms with E-state index in [1.807, 2.05) is 74.6 Å². The van der Waals surface area contributed by atoms with Crippen LogP contribution in [0.25, 0.3) is 0 Å². The highest BCUT2D eigenvalue weighted by atomic mass is 16.5. The summed E-state index contributed by atoms with van der Waals surface area (Å²) >= 11 is 0. The van der Waals surface area contributed by atoms with Gasteiger partial charge in [0.2, 0.25) is 0 Å². The second kappa shape index (κ2) is 7.77. The van der Waals surface area contributed by atoms with Crippen LogP contribution >= 0.6 is 0 Å². The molecule has 5 heteroatoms. The van der Waals surface area contributed by atoms with E-state index in [4.69, 9.17) is 4.52 Å². The number of hydrogen-bond donors (Lipinski definition) is 1. The zero-order valence-electron chi connectivity index (χ0n) is 14.4. The number of nitrogens with one attached hydrogen (secondary N) is 1. The van der Waals surface area contributed by atoms with Crippen molar-refractivity contribution in [1.82, 2.24) is 10.1 Å². The van der Waals surface area contributed by atoms with Crippen LogP contribution in [0.1, 0.15) is 27.4 Å². The maximum absolute atomic E-state index is 12.4. The Morgan fingerprint density at radius 1 is 1.08 bits per heavy atom. The van der Waals surface area contributed by atoms with Crippen molar-refractivity contribution in [2.75, 3.05) is 12.4 Å². The molecule has 0 radical (unpaired) electrons. The Hall–Kier alpha value is -2.92. The molecule has 0 aliphatic carbocycles. The van der Waals surface area contributed by atoms with Crippen LogP contribution in [0.3, 0.4) is 0 Å². The van der Waals surface area contributed by atoms with E-state index in [9.17, 15) is 4.79 Å². The third kappa shape index (κ3) is 4.78. The van der Waals surface area contributed by atoms with Gasteiger partial charge in [0.15, 0.2) is 0 Å². The molecule has 0 atom stereocenters. The van der Waals surface area contributed by atoms with E-state index in [0.29, 0.717) is 12.1 Å². The van der Waals surface area contributed by atoms with Gasteiger partial charge in [-0.1, -0.05) is 35.5 Å². The minimum absolute atomic E-state index is 0.108. The normalized spacial score (nSPS) is 10.8. The lowest BCUT2D eigenvalue weighted by Gasteiger charge is -2.15. The van der Waals surface area contributed by atoms with Gasteiger partial charge in [0, 0.05) is 30.4 Å². The zero-order chi connectivity index (χ0) is 17.6. The predicted octanol–water partition coefficient (Wildman–Crippen LogP) is 3.87. The van der Waals surface area contributed by atoms with E-state index in [1.54, 1.807) is 0 Å². The molecule has 0 bridgehead atoms. The summed E-state index contributed by atoms with van der Waals surface area (Å²) in [5.74, 6) is 0.700. The first-order chi connectivity index (χ1) is 12.1. The van der Waals surface area contributed by atoms with Crippen molar-refractivity contribution in [2.45, 2.75) is 20.0 Å². The fraction of sp³-hybridized carbons (Fsp3) is 0.200. The molecular formula is C20H21N3O2. The van der Waals surface area contributed by atoms with Gasteiger partial charge in [-0.15, -0.1) is 0 Å². The van der Waals surface area contributed by atoms with E-state index in [1.165, 1.54) is 0 Å². The molecule has 1 aromatic heterocycles. The second-order valence-corrected chi connectivity index (χ2v) is 6.12. The highest BCUT2D eigenvalue weighted by Crippen LogP contribution is 2.13. The van der Waals surface area contributed by atoms with Gasteiger partial charge in [-0.25, -0.2) is 0 Å². The molecule has 3 aromatic rings. The number of carbonyl (C=O) groups is 1. The molecule has 0 spiro atoms. The fourth-order valence-corrected chi connectivity index (χ4v) is 2.67. The van der Waals surface area contributed by atoms with Gasteiger partial charge >= 0.3 is 0 Å². The molecule has 3 rings (SSSR count). The Kier molecular flexibility index (Phi) is 5.26. The third-order valence-electron chi connectivity index (χ3n) is 3.78. The van der Waals surface area contributed by atoms with Crippen molar-refractivity contribution >= 4 is 11.6 Å². The average molecular weight is 335 g/mol. The Morgan fingerprint density at radius 2 is 1.88 bits per heavy atom. The standard InChI is InChI=1S/C20H21N3O2/c1-15-11-19(22-25-15)14-23(2)13-16-7-6-8-17(12-16)20(24)21-18-9-4-3-5-10-18/h3-12H,13-14H2,1-2H3,(H,21,24). The van der Waals surface area contributed by atoms with Crippen LogP contribution < -0.4 is 5.32 Å². The van der Waals surface area contributed by atoms with Crippen molar-refractivity contribution in [3.8, 4) is 0 Å². The summed E-state index contributed by atoms with van der Waals surface area (Å²) in [5.41, 5.74) is 3.41. The third-order valence-corrected chi connectivity index (χ3v) is 3.78. The Bertz CT molecular complexity index is 843. The summed E-state index contributed by atoms with van der Waals surface area (Å²) in [6, 6.07) is 19.0. The number of aromatic nitrogens is 1. The number of benzene rings is 2. The molecule has 0 aliphatic heterocycles. The molecule has 0 saturated heterocycles. The summed E-state index contributed by atoms with van der Waals surface area (Å²) in [4.78, 5) is 14.5. The molecule has 25 heavy (non-hydrogen) atoms. The average Bonchev–Trinajstić information content (AvgIpc) is 3.00. The fourth-order valence-electron chi connectivity index (χ4n) is 2.67. The van der Waals surface area contributed by atoms with Crippen LogP contribution in [0.2, 0.25) is 0 Å². The minimum atomic E-state index is -0.108. The van der Waals surface area contributed by atoms with Crippen LogP contribution in [0.5, 0.6) is 0 Å². The molecule has 0 saturated carbocycles. The Labute approximate surface area is 147 Å². The summed E-state index contributed by atoms with van der Waals surface area (Å²) in [5, 5.41) is 6.92. The van der Waals surface area contributed by atoms with E-state index in [2.05, 4.69) is 15.4 Å². The molecule has 2 aromatic carbocycles. The van der Waals surface area contributed by atoms with Crippen LogP contribution in [0, 0.1) is 6.92 Å². The molecule has 128 valence electrons. The molecule has 0 unspecified atom stereocenters. The lowest BCUT2D eigenvalue weighted by Crippen LogP contribution is -2.18. The number of amides is 1. The van der Waals surface area contributed by atoms with E-state index in [0.717, 1.165) is 29.2 Å². The van der Waals surface area contributed by atoms with Gasteiger partial charge in [-0.3, -0.25) is 9.69 Å². The number of aryl methyl sites for hydroxylation is 1. The lowest BCUT2D eigenvalue weighted by molar-refractivity contribution is 0.102. The number of anilines is 1. The van der Waals surface area contributed by atoms with E-state index >= 15 is 0 Å². The van der Waals surface area contributed by atoms with E-state index in [-0.39, 0.29) is 5.91 Å². The Balaban J connectivity index is 1.63. The summed E-state index contributed by atoms with van der Waals surface area (Å²) in [6.45, 7) is 3.29. The lowest BCUT2D eigenvalue weighted by atomic mass is 10.1. The number of para-hydroxylation sites is 1. The molecule has 0 fully saturated rings. The monoisotopic (exact) mass is 335 g/mol. The van der Waals surface area contributed by atoms with Crippen molar-refractivity contribution in [3.05, 3.63) is 83.2 Å². The van der Waals surface area contributed by atoms with Gasteiger partial charge in [0.25, 0.3) is 5.91 Å². The Morgan fingerprint density at radius 3 is 2.60 bits per heavy atom. The minimum Gasteiger partial charge on any atom is -0.361 e. The topological polar surface area (TPSA) is 58.4 Å². The quantitative estimate of drug-likeness (QED) is 0.743. The van der Waals surface area contributed by atoms with Crippen LogP contribution in [-0.4, -0.2) is 23.0 Å². The smallest absolute Gasteiger partial charge is 0.255 e. The highest BCUT2D eigenvalue weighted by molar-refractivity contribution is 6.04. The maximum Gasteiger partial charge on any atom is 0.255 e. The predicted molar refractivity (Wildman–Crippen MR) is 97.2 cm³/mol. The molecule has 1 heterocycles. The SMILES string of the molecule is Cc1cc(CN(C)Cc2cccc(C(=O)Nc3ccccc3)c2)no1. The molecular weight excluding hydrogens is 314 g/mol. The number of nitrogens with zero attached hydrogens (tertiary/aromatic N) is 2. The highest BCUT2D eigenvalue weighted by Gasteiger charge is 2.09. The van der Waals surface area contributed by atoms with Gasteiger partial charge in [0.05, 0.1) is 5.69 Å². The van der Waals surface area contributed by atoms with Crippen LogP contribution in [0.4, 0.5) is 5.69 Å². The van der Waals surface area contributed by atoms with Gasteiger partial charge in [-0.05, 0) is 43.8 Å². The summed E-state index contributed by atoms with van der Waals surface area (Å²) < 4.78 is 5.09. The van der Waals surface area contributed by atoms with Crippen molar-refractivity contribution in [1.29, 1.82) is 0 Å². The van der Waals surface area contributed by atoms with Crippen molar-refractivity contribution < 1.29 is 9.32 Å². The van der Waals surface area contributed by atoms with Gasteiger partial charge in [-0.2, -0.15) is 0 Å². The van der Waals surface area contributed by atoms with Gasteiger partial charge < -0.3 is 9.84 Å². The van der Waals surface area contributed by atoms with Crippen molar-refractivity contribution in [3.63, 3.8) is 0 Å². The van der Waals surface area contributed by atoms with Crippen molar-refractivity contribution in [2.24, 2.45) is 0 Å². The number of carbonyl (C=O) groups excluding carboxylic acids is 1. The molecule has 1 amide bonds. The van der Waals surface area contributed by atoms with E-state index < -0.39 is 0 Å². The van der Waals surface area contributed by atoms with Crippen LogP contribution in [0.15, 0.2) is 65.2 Å². The van der Waals surface area contributed by atoms with Gasteiger partial charge in [0.1, 0.15) is 5.76 Å². The molecule has 0 aliphatic rings. The summed E-state index contributed by atoms with van der Waals surface area (Å²) in [6.07, 6.45) is 0. The molecule has 1 N–H and O–H groups in total.